The predicted molar refractivity (Wildman–Crippen MR) is 135 cm³/mol. The summed E-state index contributed by atoms with van der Waals surface area (Å²) in [7, 11) is 0. The molecule has 1 saturated heterocycles. The molecule has 4 rings (SSSR count). The first-order chi connectivity index (χ1) is 15.0. The molecule has 0 saturated carbocycles. The van der Waals surface area contributed by atoms with Crippen LogP contribution in [0.15, 0.2) is 72.8 Å². The Labute approximate surface area is 200 Å². The van der Waals surface area contributed by atoms with Crippen molar-refractivity contribution in [2.45, 2.75) is 18.7 Å². The fourth-order valence-corrected chi connectivity index (χ4v) is 5.49. The van der Waals surface area contributed by atoms with Crippen molar-refractivity contribution in [1.82, 2.24) is 4.90 Å². The van der Waals surface area contributed by atoms with Crippen molar-refractivity contribution in [2.75, 3.05) is 17.6 Å². The van der Waals surface area contributed by atoms with Gasteiger partial charge in [0, 0.05) is 21.4 Å². The molecule has 1 N–H and O–H groups in total. The first-order valence-electron chi connectivity index (χ1n) is 10.1. The Hall–Kier alpha value is -2.32. The van der Waals surface area contributed by atoms with Crippen molar-refractivity contribution >= 4 is 51.9 Å². The molecule has 4 nitrogen and oxygen atoms in total. The summed E-state index contributed by atoms with van der Waals surface area (Å²) in [5, 5.41) is 2.98. The lowest BCUT2D eigenvalue weighted by molar-refractivity contribution is -0.128. The third-order valence-corrected chi connectivity index (χ3v) is 7.27. The third-order valence-electron chi connectivity index (χ3n) is 5.35. The predicted octanol–water partition coefficient (Wildman–Crippen LogP) is 5.67. The van der Waals surface area contributed by atoms with Crippen LogP contribution in [0.25, 0.3) is 0 Å². The highest BCUT2D eigenvalue weighted by Gasteiger charge is 2.32. The van der Waals surface area contributed by atoms with E-state index in [4.69, 9.17) is 0 Å². The van der Waals surface area contributed by atoms with Crippen molar-refractivity contribution in [3.8, 4) is 0 Å². The molecule has 6 heteroatoms. The van der Waals surface area contributed by atoms with E-state index in [9.17, 15) is 9.59 Å². The molecule has 1 fully saturated rings. The van der Waals surface area contributed by atoms with Gasteiger partial charge in [0.2, 0.25) is 5.91 Å². The van der Waals surface area contributed by atoms with E-state index in [0.29, 0.717) is 17.9 Å². The third kappa shape index (κ3) is 5.30. The molecule has 31 heavy (non-hydrogen) atoms. The van der Waals surface area contributed by atoms with Gasteiger partial charge in [-0.05, 0) is 83.0 Å². The zero-order chi connectivity index (χ0) is 21.8. The molecule has 1 aliphatic rings. The zero-order valence-corrected chi connectivity index (χ0v) is 20.2. The highest BCUT2D eigenvalue weighted by atomic mass is 127. The van der Waals surface area contributed by atoms with Gasteiger partial charge < -0.3 is 10.2 Å². The van der Waals surface area contributed by atoms with E-state index in [2.05, 4.69) is 40.0 Å². The number of nitrogens with zero attached hydrogens (tertiary/aromatic N) is 1. The summed E-state index contributed by atoms with van der Waals surface area (Å²) in [5.74, 6) is 0.530. The molecule has 1 aliphatic heterocycles. The number of nitrogens with one attached hydrogen (secondary N) is 1. The van der Waals surface area contributed by atoms with Crippen LogP contribution in [0.5, 0.6) is 0 Å². The molecule has 1 heterocycles. The lowest BCUT2D eigenvalue weighted by Crippen LogP contribution is -2.30. The SMILES string of the molecule is Cc1cc(I)ccc1NC(=O)c1ccc([C@H]2SCC(=O)N2CCc2ccccc2)cc1. The van der Waals surface area contributed by atoms with Crippen molar-refractivity contribution in [2.24, 2.45) is 0 Å². The Morgan fingerprint density at radius 2 is 1.84 bits per heavy atom. The van der Waals surface area contributed by atoms with Gasteiger partial charge >= 0.3 is 0 Å². The van der Waals surface area contributed by atoms with E-state index in [0.717, 1.165) is 26.8 Å². The second kappa shape index (κ2) is 9.87. The number of amides is 2. The largest absolute Gasteiger partial charge is 0.326 e. The molecule has 3 aromatic carbocycles. The van der Waals surface area contributed by atoms with Crippen LogP contribution in [0.1, 0.15) is 32.4 Å². The summed E-state index contributed by atoms with van der Waals surface area (Å²) in [6, 6.07) is 23.8. The number of halogens is 1. The monoisotopic (exact) mass is 542 g/mol. The van der Waals surface area contributed by atoms with E-state index in [1.165, 1.54) is 5.56 Å². The lowest BCUT2D eigenvalue weighted by Gasteiger charge is -2.24. The summed E-state index contributed by atoms with van der Waals surface area (Å²) < 4.78 is 1.14. The van der Waals surface area contributed by atoms with Crippen LogP contribution in [0, 0.1) is 10.5 Å². The van der Waals surface area contributed by atoms with Crippen molar-refractivity contribution < 1.29 is 9.59 Å². The van der Waals surface area contributed by atoms with Crippen LogP contribution in [0.4, 0.5) is 5.69 Å². The number of anilines is 1. The van der Waals surface area contributed by atoms with Gasteiger partial charge in [0.25, 0.3) is 5.91 Å². The van der Waals surface area contributed by atoms with Crippen molar-refractivity contribution in [3.63, 3.8) is 0 Å². The molecule has 0 spiro atoms. The molecule has 1 atom stereocenters. The molecular formula is C25H23IN2O2S. The average molecular weight is 542 g/mol. The Bertz CT molecular complexity index is 1090. The minimum Gasteiger partial charge on any atom is -0.326 e. The smallest absolute Gasteiger partial charge is 0.255 e. The van der Waals surface area contributed by atoms with Crippen LogP contribution in [-0.4, -0.2) is 29.0 Å². The molecule has 0 aromatic heterocycles. The van der Waals surface area contributed by atoms with Gasteiger partial charge in [-0.1, -0.05) is 42.5 Å². The van der Waals surface area contributed by atoms with E-state index >= 15 is 0 Å². The van der Waals surface area contributed by atoms with E-state index in [-0.39, 0.29) is 17.2 Å². The zero-order valence-electron chi connectivity index (χ0n) is 17.2. The summed E-state index contributed by atoms with van der Waals surface area (Å²) in [4.78, 5) is 27.1. The van der Waals surface area contributed by atoms with Gasteiger partial charge in [-0.15, -0.1) is 11.8 Å². The van der Waals surface area contributed by atoms with E-state index in [1.807, 2.05) is 72.5 Å². The van der Waals surface area contributed by atoms with E-state index in [1.54, 1.807) is 11.8 Å². The summed E-state index contributed by atoms with van der Waals surface area (Å²) in [6.45, 7) is 2.67. The standard InChI is InChI=1S/C25H23IN2O2S/c1-17-15-21(26)11-12-22(17)27-24(30)19-7-9-20(10-8-19)25-28(23(29)16-31-25)14-13-18-5-3-2-4-6-18/h2-12,15,25H,13-14,16H2,1H3,(H,27,30)/t25-/m1/s1. The van der Waals surface area contributed by atoms with Crippen molar-refractivity contribution in [1.29, 1.82) is 0 Å². The highest BCUT2D eigenvalue weighted by molar-refractivity contribution is 14.1. The van der Waals surface area contributed by atoms with Crippen LogP contribution in [-0.2, 0) is 11.2 Å². The van der Waals surface area contributed by atoms with Gasteiger partial charge in [-0.25, -0.2) is 0 Å². The lowest BCUT2D eigenvalue weighted by atomic mass is 10.1. The summed E-state index contributed by atoms with van der Waals surface area (Å²) in [5.41, 5.74) is 4.73. The summed E-state index contributed by atoms with van der Waals surface area (Å²) in [6.07, 6.45) is 0.833. The number of hydrogen-bond acceptors (Lipinski definition) is 3. The molecule has 158 valence electrons. The van der Waals surface area contributed by atoms with Gasteiger partial charge in [0.15, 0.2) is 0 Å². The fourth-order valence-electron chi connectivity index (χ4n) is 3.63. The first kappa shape index (κ1) is 21.9. The maximum Gasteiger partial charge on any atom is 0.255 e. The second-order valence-electron chi connectivity index (χ2n) is 7.52. The Balaban J connectivity index is 1.43. The minimum absolute atomic E-state index is 0.00762. The number of carbonyl (C=O) groups excluding carboxylic acids is 2. The summed E-state index contributed by atoms with van der Waals surface area (Å²) >= 11 is 3.90. The number of thioether (sulfide) groups is 1. The maximum atomic E-state index is 12.7. The highest BCUT2D eigenvalue weighted by Crippen LogP contribution is 2.38. The average Bonchev–Trinajstić information content (AvgIpc) is 3.15. The quantitative estimate of drug-likeness (QED) is 0.409. The van der Waals surface area contributed by atoms with Crippen molar-refractivity contribution in [3.05, 3.63) is 98.6 Å². The van der Waals surface area contributed by atoms with Crippen LogP contribution < -0.4 is 5.32 Å². The normalized spacial score (nSPS) is 15.9. The number of hydrogen-bond donors (Lipinski definition) is 1. The first-order valence-corrected chi connectivity index (χ1v) is 12.3. The maximum absolute atomic E-state index is 12.7. The van der Waals surface area contributed by atoms with Gasteiger partial charge in [0.1, 0.15) is 5.37 Å². The number of aryl methyl sites for hydroxylation is 1. The molecule has 0 bridgehead atoms. The number of rotatable bonds is 6. The second-order valence-corrected chi connectivity index (χ2v) is 9.84. The topological polar surface area (TPSA) is 49.4 Å². The molecule has 3 aromatic rings. The number of carbonyl (C=O) groups is 2. The molecular weight excluding hydrogens is 519 g/mol. The van der Waals surface area contributed by atoms with Gasteiger partial charge in [-0.2, -0.15) is 0 Å². The Morgan fingerprint density at radius 3 is 2.55 bits per heavy atom. The molecule has 0 aliphatic carbocycles. The minimum atomic E-state index is -0.132. The van der Waals surface area contributed by atoms with Crippen LogP contribution >= 0.6 is 34.4 Å². The van der Waals surface area contributed by atoms with Crippen LogP contribution in [0.3, 0.4) is 0 Å². The Kier molecular flexibility index (Phi) is 6.97. The van der Waals surface area contributed by atoms with Gasteiger partial charge in [0.05, 0.1) is 5.75 Å². The number of benzene rings is 3. The van der Waals surface area contributed by atoms with E-state index < -0.39 is 0 Å². The molecule has 2 amide bonds. The molecule has 0 radical (unpaired) electrons. The fraction of sp³-hybridized carbons (Fsp3) is 0.200. The Morgan fingerprint density at radius 1 is 1.10 bits per heavy atom. The molecule has 0 unspecified atom stereocenters. The van der Waals surface area contributed by atoms with Crippen LogP contribution in [0.2, 0.25) is 0 Å². The van der Waals surface area contributed by atoms with Gasteiger partial charge in [-0.3, -0.25) is 9.59 Å².